The van der Waals surface area contributed by atoms with Crippen LogP contribution < -0.4 is 10.6 Å². The molecule has 0 spiro atoms. The fourth-order valence-electron chi connectivity index (χ4n) is 1.80. The van der Waals surface area contributed by atoms with Gasteiger partial charge in [-0.1, -0.05) is 29.7 Å². The van der Waals surface area contributed by atoms with Gasteiger partial charge in [-0.3, -0.25) is 10.1 Å². The highest BCUT2D eigenvalue weighted by molar-refractivity contribution is 6.33. The number of hydrogen-bond acceptors (Lipinski definition) is 3. The molecule has 3 amide bonds. The Morgan fingerprint density at radius 3 is 2.44 bits per heavy atom. The fraction of sp³-hybridized carbons (Fsp3) is 0.0625. The van der Waals surface area contributed by atoms with E-state index < -0.39 is 29.0 Å². The van der Waals surface area contributed by atoms with Gasteiger partial charge in [0.1, 0.15) is 10.8 Å². The van der Waals surface area contributed by atoms with Crippen LogP contribution in [0.1, 0.15) is 21.6 Å². The lowest BCUT2D eigenvalue weighted by molar-refractivity contribution is -0.141. The minimum Gasteiger partial charge on any atom is -0.306 e. The van der Waals surface area contributed by atoms with Gasteiger partial charge in [0.2, 0.25) is 0 Å². The monoisotopic (exact) mass is 367 g/mol. The van der Waals surface area contributed by atoms with E-state index in [1.54, 1.807) is 18.2 Å². The summed E-state index contributed by atoms with van der Waals surface area (Å²) < 4.78 is 37.6. The molecule has 0 aliphatic heterocycles. The molecule has 0 aliphatic rings. The Bertz CT molecular complexity index is 876. The van der Waals surface area contributed by atoms with Crippen molar-refractivity contribution in [3.63, 3.8) is 0 Å². The zero-order valence-corrected chi connectivity index (χ0v) is 13.1. The van der Waals surface area contributed by atoms with Crippen LogP contribution in [0.4, 0.5) is 23.7 Å². The number of amides is 3. The number of pyridine rings is 1. The Kier molecular flexibility index (Phi) is 5.29. The Hall–Kier alpha value is -3.05. The number of carbonyl (C=O) groups is 2. The quantitative estimate of drug-likeness (QED) is 0.628. The first-order valence-corrected chi connectivity index (χ1v) is 7.02. The Morgan fingerprint density at radius 1 is 1.16 bits per heavy atom. The summed E-state index contributed by atoms with van der Waals surface area (Å²) in [6, 6.07) is 6.87. The molecule has 128 valence electrons. The second-order valence-electron chi connectivity index (χ2n) is 4.63. The number of alkyl halides is 3. The van der Waals surface area contributed by atoms with E-state index in [2.05, 4.69) is 16.2 Å². The summed E-state index contributed by atoms with van der Waals surface area (Å²) in [5.41, 5.74) is -0.956. The lowest BCUT2D eigenvalue weighted by Crippen LogP contribution is -2.34. The van der Waals surface area contributed by atoms with Gasteiger partial charge in [-0.2, -0.15) is 13.2 Å². The van der Waals surface area contributed by atoms with Gasteiger partial charge in [-0.05, 0) is 24.3 Å². The number of hydrogen-bond donors (Lipinski definition) is 2. The average Bonchev–Trinajstić information content (AvgIpc) is 2.54. The number of terminal acetylenes is 1. The summed E-state index contributed by atoms with van der Waals surface area (Å²) >= 11 is 5.59. The number of urea groups is 1. The van der Waals surface area contributed by atoms with Crippen molar-refractivity contribution in [3.05, 3.63) is 58.4 Å². The third-order valence-corrected chi connectivity index (χ3v) is 3.23. The number of para-hydroxylation sites is 1. The molecule has 0 aliphatic carbocycles. The van der Waals surface area contributed by atoms with Crippen molar-refractivity contribution in [3.8, 4) is 12.3 Å². The summed E-state index contributed by atoms with van der Waals surface area (Å²) in [5, 5.41) is 3.62. The summed E-state index contributed by atoms with van der Waals surface area (Å²) in [6.45, 7) is 0. The summed E-state index contributed by atoms with van der Waals surface area (Å²) in [6.07, 6.45) is 0.582. The van der Waals surface area contributed by atoms with Gasteiger partial charge in [0, 0.05) is 5.56 Å². The molecule has 9 heteroatoms. The van der Waals surface area contributed by atoms with Gasteiger partial charge in [-0.25, -0.2) is 9.78 Å². The Morgan fingerprint density at radius 2 is 1.84 bits per heavy atom. The van der Waals surface area contributed by atoms with E-state index in [1.165, 1.54) is 6.07 Å². The SMILES string of the molecule is C#Cc1ccccc1NC(=O)NC(=O)c1ccc(C(F)(F)F)nc1Cl. The number of halogens is 4. The van der Waals surface area contributed by atoms with E-state index in [-0.39, 0.29) is 11.3 Å². The molecular formula is C16H9ClF3N3O2. The zero-order valence-electron chi connectivity index (χ0n) is 12.3. The topological polar surface area (TPSA) is 71.1 Å². The van der Waals surface area contributed by atoms with Gasteiger partial charge in [0.05, 0.1) is 11.3 Å². The summed E-state index contributed by atoms with van der Waals surface area (Å²) in [5.74, 6) is 1.34. The largest absolute Gasteiger partial charge is 0.433 e. The van der Waals surface area contributed by atoms with Crippen molar-refractivity contribution < 1.29 is 22.8 Å². The summed E-state index contributed by atoms with van der Waals surface area (Å²) in [7, 11) is 0. The lowest BCUT2D eigenvalue weighted by Gasteiger charge is -2.10. The number of imide groups is 1. The van der Waals surface area contributed by atoms with Crippen LogP contribution in [0, 0.1) is 12.3 Å². The maximum Gasteiger partial charge on any atom is 0.433 e. The lowest BCUT2D eigenvalue weighted by atomic mass is 10.2. The van der Waals surface area contributed by atoms with Crippen LogP contribution in [0.25, 0.3) is 0 Å². The molecule has 1 aromatic heterocycles. The van der Waals surface area contributed by atoms with Gasteiger partial charge in [0.25, 0.3) is 5.91 Å². The number of benzene rings is 1. The van der Waals surface area contributed by atoms with Gasteiger partial charge in [0.15, 0.2) is 0 Å². The predicted octanol–water partition coefficient (Wildman–Crippen LogP) is 3.70. The van der Waals surface area contributed by atoms with Crippen LogP contribution in [0.3, 0.4) is 0 Å². The Balaban J connectivity index is 2.12. The molecule has 2 aromatic rings. The molecular weight excluding hydrogens is 359 g/mol. The first-order valence-electron chi connectivity index (χ1n) is 6.64. The standard InChI is InChI=1S/C16H9ClF3N3O2/c1-2-9-5-3-4-6-11(9)21-15(25)23-14(24)10-7-8-12(16(18,19)20)22-13(10)17/h1,3-8H,(H2,21,23,24,25). The van der Waals surface area contributed by atoms with Crippen LogP contribution in [0.15, 0.2) is 36.4 Å². The first kappa shape index (κ1) is 18.3. The van der Waals surface area contributed by atoms with Crippen molar-refractivity contribution >= 4 is 29.2 Å². The van der Waals surface area contributed by atoms with Crippen molar-refractivity contribution in [1.29, 1.82) is 0 Å². The minimum absolute atomic E-state index is 0.284. The molecule has 0 atom stereocenters. The number of carbonyl (C=O) groups excluding carboxylic acids is 2. The normalized spacial score (nSPS) is 10.7. The molecule has 1 aromatic carbocycles. The highest BCUT2D eigenvalue weighted by atomic mass is 35.5. The number of anilines is 1. The van der Waals surface area contributed by atoms with Crippen LogP contribution >= 0.6 is 11.6 Å². The maximum atomic E-state index is 12.5. The zero-order chi connectivity index (χ0) is 18.6. The first-order chi connectivity index (χ1) is 11.7. The van der Waals surface area contributed by atoms with Gasteiger partial charge >= 0.3 is 12.2 Å². The van der Waals surface area contributed by atoms with E-state index in [0.29, 0.717) is 11.6 Å². The maximum absolute atomic E-state index is 12.5. The van der Waals surface area contributed by atoms with E-state index in [9.17, 15) is 22.8 Å². The summed E-state index contributed by atoms with van der Waals surface area (Å²) in [4.78, 5) is 26.9. The minimum atomic E-state index is -4.70. The second-order valence-corrected chi connectivity index (χ2v) is 4.99. The van der Waals surface area contributed by atoms with Crippen molar-refractivity contribution in [1.82, 2.24) is 10.3 Å². The second kappa shape index (κ2) is 7.23. The molecule has 0 saturated carbocycles. The molecule has 2 rings (SSSR count). The molecule has 0 saturated heterocycles. The highest BCUT2D eigenvalue weighted by Gasteiger charge is 2.33. The van der Waals surface area contributed by atoms with E-state index in [1.807, 2.05) is 5.32 Å². The van der Waals surface area contributed by atoms with Crippen LogP contribution in [-0.4, -0.2) is 16.9 Å². The van der Waals surface area contributed by atoms with E-state index in [0.717, 1.165) is 6.07 Å². The van der Waals surface area contributed by atoms with Crippen LogP contribution in [0.5, 0.6) is 0 Å². The Labute approximate surface area is 145 Å². The third-order valence-electron chi connectivity index (χ3n) is 2.94. The van der Waals surface area contributed by atoms with Crippen molar-refractivity contribution in [2.24, 2.45) is 0 Å². The molecule has 0 unspecified atom stereocenters. The van der Waals surface area contributed by atoms with Crippen molar-refractivity contribution in [2.45, 2.75) is 6.18 Å². The predicted molar refractivity (Wildman–Crippen MR) is 85.1 cm³/mol. The van der Waals surface area contributed by atoms with Crippen LogP contribution in [0.2, 0.25) is 5.15 Å². The van der Waals surface area contributed by atoms with Gasteiger partial charge < -0.3 is 5.32 Å². The van der Waals surface area contributed by atoms with Crippen LogP contribution in [-0.2, 0) is 6.18 Å². The average molecular weight is 368 g/mol. The third kappa shape index (κ3) is 4.49. The number of rotatable bonds is 2. The molecule has 2 N–H and O–H groups in total. The molecule has 5 nitrogen and oxygen atoms in total. The highest BCUT2D eigenvalue weighted by Crippen LogP contribution is 2.29. The smallest absolute Gasteiger partial charge is 0.306 e. The molecule has 0 radical (unpaired) electrons. The molecule has 0 fully saturated rings. The molecule has 0 bridgehead atoms. The number of aromatic nitrogens is 1. The van der Waals surface area contributed by atoms with Gasteiger partial charge in [-0.15, -0.1) is 6.42 Å². The molecule has 25 heavy (non-hydrogen) atoms. The van der Waals surface area contributed by atoms with E-state index in [4.69, 9.17) is 18.0 Å². The number of nitrogens with one attached hydrogen (secondary N) is 2. The molecule has 1 heterocycles. The van der Waals surface area contributed by atoms with Crippen molar-refractivity contribution in [2.75, 3.05) is 5.32 Å². The number of nitrogens with zero attached hydrogens (tertiary/aromatic N) is 1. The fourth-order valence-corrected chi connectivity index (χ4v) is 2.04. The van der Waals surface area contributed by atoms with E-state index >= 15 is 0 Å².